The number of nitrogens with one attached hydrogen (secondary N) is 1. The number of anilines is 1. The second-order valence-corrected chi connectivity index (χ2v) is 8.17. The van der Waals surface area contributed by atoms with E-state index in [0.29, 0.717) is 28.9 Å². The number of halogens is 1. The number of aryl methyl sites for hydroxylation is 1. The first-order chi connectivity index (χ1) is 13.4. The third-order valence-corrected chi connectivity index (χ3v) is 5.29. The fourth-order valence-electron chi connectivity index (χ4n) is 3.71. The smallest absolute Gasteiger partial charge is 0.158 e. The Morgan fingerprint density at radius 2 is 2.07 bits per heavy atom. The summed E-state index contributed by atoms with van der Waals surface area (Å²) in [5.41, 5.74) is 2.29. The number of pyridine rings is 1. The molecule has 0 aliphatic carbocycles. The summed E-state index contributed by atoms with van der Waals surface area (Å²) in [7, 11) is 1.63. The molecular weight excluding hydrogens is 376 g/mol. The number of rotatable bonds is 4. The van der Waals surface area contributed by atoms with Gasteiger partial charge in [0.15, 0.2) is 5.82 Å². The Balaban J connectivity index is 1.81. The van der Waals surface area contributed by atoms with E-state index in [2.05, 4.69) is 34.3 Å². The first-order valence-corrected chi connectivity index (χ1v) is 9.61. The second-order valence-electron chi connectivity index (χ2n) is 7.76. The number of aromatic nitrogens is 3. The van der Waals surface area contributed by atoms with Crippen molar-refractivity contribution in [1.82, 2.24) is 15.2 Å². The van der Waals surface area contributed by atoms with Crippen LogP contribution in [0.4, 0.5) is 5.82 Å². The third-order valence-electron chi connectivity index (χ3n) is 4.99. The lowest BCUT2D eigenvalue weighted by Gasteiger charge is -2.18. The Bertz CT molecular complexity index is 1040. The highest BCUT2D eigenvalue weighted by molar-refractivity contribution is 6.34. The number of benzene rings is 1. The van der Waals surface area contributed by atoms with Gasteiger partial charge in [0.05, 0.1) is 35.9 Å². The maximum Gasteiger partial charge on any atom is 0.158 e. The monoisotopic (exact) mass is 398 g/mol. The summed E-state index contributed by atoms with van der Waals surface area (Å²) in [6, 6.07) is 5.95. The van der Waals surface area contributed by atoms with Gasteiger partial charge in [0.1, 0.15) is 11.4 Å². The van der Waals surface area contributed by atoms with Gasteiger partial charge in [0, 0.05) is 23.2 Å². The minimum Gasteiger partial charge on any atom is -0.496 e. The van der Waals surface area contributed by atoms with Gasteiger partial charge in [0.2, 0.25) is 0 Å². The van der Waals surface area contributed by atoms with Crippen molar-refractivity contribution in [2.45, 2.75) is 38.8 Å². The van der Waals surface area contributed by atoms with Gasteiger partial charge in [-0.05, 0) is 51.0 Å². The predicted molar refractivity (Wildman–Crippen MR) is 111 cm³/mol. The molecular formula is C21H23ClN4O2. The van der Waals surface area contributed by atoms with Crippen LogP contribution in [0.5, 0.6) is 5.75 Å². The van der Waals surface area contributed by atoms with E-state index in [1.807, 2.05) is 25.1 Å². The lowest BCUT2D eigenvalue weighted by atomic mass is 10.0. The Morgan fingerprint density at radius 1 is 1.25 bits per heavy atom. The quantitative estimate of drug-likeness (QED) is 0.690. The van der Waals surface area contributed by atoms with Gasteiger partial charge in [-0.1, -0.05) is 11.6 Å². The fraction of sp³-hybridized carbons (Fsp3) is 0.381. The minimum atomic E-state index is -0.137. The Labute approximate surface area is 169 Å². The topological polar surface area (TPSA) is 69.2 Å². The normalized spacial score (nSPS) is 18.4. The van der Waals surface area contributed by atoms with Crippen LogP contribution >= 0.6 is 11.6 Å². The number of fused-ring (bicyclic) bond motifs is 1. The van der Waals surface area contributed by atoms with Crippen molar-refractivity contribution in [3.8, 4) is 17.0 Å². The molecule has 0 bridgehead atoms. The molecule has 146 valence electrons. The highest BCUT2D eigenvalue weighted by atomic mass is 35.5. The van der Waals surface area contributed by atoms with Crippen molar-refractivity contribution in [1.29, 1.82) is 0 Å². The van der Waals surface area contributed by atoms with E-state index in [0.717, 1.165) is 28.3 Å². The van der Waals surface area contributed by atoms with E-state index in [1.165, 1.54) is 0 Å². The van der Waals surface area contributed by atoms with Crippen LogP contribution in [0.1, 0.15) is 25.8 Å². The summed E-state index contributed by atoms with van der Waals surface area (Å²) in [6.07, 6.45) is 4.44. The molecule has 1 aliphatic rings. The van der Waals surface area contributed by atoms with Crippen molar-refractivity contribution in [3.63, 3.8) is 0 Å². The fourth-order valence-corrected chi connectivity index (χ4v) is 4.07. The van der Waals surface area contributed by atoms with Crippen LogP contribution < -0.4 is 10.1 Å². The predicted octanol–water partition coefficient (Wildman–Crippen LogP) is 4.64. The molecule has 1 saturated heterocycles. The van der Waals surface area contributed by atoms with Crippen molar-refractivity contribution in [2.24, 2.45) is 0 Å². The number of nitrogens with zero attached hydrogens (tertiary/aromatic N) is 3. The third kappa shape index (κ3) is 3.50. The summed E-state index contributed by atoms with van der Waals surface area (Å²) in [5.74, 6) is 1.37. The molecule has 0 saturated carbocycles. The van der Waals surface area contributed by atoms with Gasteiger partial charge < -0.3 is 14.8 Å². The first-order valence-electron chi connectivity index (χ1n) is 9.23. The minimum absolute atomic E-state index is 0.137. The molecule has 0 spiro atoms. The van der Waals surface area contributed by atoms with Crippen LogP contribution in [0.25, 0.3) is 22.0 Å². The average Bonchev–Trinajstić information content (AvgIpc) is 3.00. The summed E-state index contributed by atoms with van der Waals surface area (Å²) >= 11 is 6.56. The largest absolute Gasteiger partial charge is 0.496 e. The number of ether oxygens (including phenoxy) is 2. The van der Waals surface area contributed by atoms with Crippen molar-refractivity contribution >= 4 is 28.2 Å². The second kappa shape index (κ2) is 7.18. The molecule has 4 rings (SSSR count). The van der Waals surface area contributed by atoms with E-state index in [9.17, 15) is 0 Å². The lowest BCUT2D eigenvalue weighted by molar-refractivity contribution is 0.0363. The van der Waals surface area contributed by atoms with Gasteiger partial charge in [-0.2, -0.15) is 0 Å². The zero-order valence-electron chi connectivity index (χ0n) is 16.4. The molecule has 7 heteroatoms. The molecule has 0 unspecified atom stereocenters. The van der Waals surface area contributed by atoms with Crippen molar-refractivity contribution in [3.05, 3.63) is 41.2 Å². The van der Waals surface area contributed by atoms with Gasteiger partial charge in [0.25, 0.3) is 0 Å². The zero-order chi connectivity index (χ0) is 19.9. The molecule has 1 atom stereocenters. The molecule has 3 aromatic rings. The lowest BCUT2D eigenvalue weighted by Crippen LogP contribution is -2.23. The molecule has 28 heavy (non-hydrogen) atoms. The SMILES string of the molecule is COc1cc(C)cc(Cl)c1-c1nnc(N[C@H]2COC(C)(C)C2)c2cnccc12. The first kappa shape index (κ1) is 18.9. The molecule has 6 nitrogen and oxygen atoms in total. The summed E-state index contributed by atoms with van der Waals surface area (Å²) < 4.78 is 11.4. The maximum absolute atomic E-state index is 6.56. The summed E-state index contributed by atoms with van der Waals surface area (Å²) in [6.45, 7) is 6.80. The standard InChI is InChI=1S/C21H23ClN4O2/c1-12-7-16(22)18(17(8-12)27-4)19-14-5-6-23-10-15(14)20(26-25-19)24-13-9-21(2,3)28-11-13/h5-8,10,13H,9,11H2,1-4H3,(H,24,26)/t13-/m1/s1. The molecule has 0 radical (unpaired) electrons. The van der Waals surface area contributed by atoms with E-state index in [1.54, 1.807) is 19.5 Å². The summed E-state index contributed by atoms with van der Waals surface area (Å²) in [5, 5.41) is 14.8. The van der Waals surface area contributed by atoms with Gasteiger partial charge >= 0.3 is 0 Å². The summed E-state index contributed by atoms with van der Waals surface area (Å²) in [4.78, 5) is 4.29. The van der Waals surface area contributed by atoms with Crippen LogP contribution in [0.2, 0.25) is 5.02 Å². The molecule has 1 N–H and O–H groups in total. The van der Waals surface area contributed by atoms with Crippen LogP contribution in [-0.2, 0) is 4.74 Å². The van der Waals surface area contributed by atoms with Crippen molar-refractivity contribution < 1.29 is 9.47 Å². The number of methoxy groups -OCH3 is 1. The van der Waals surface area contributed by atoms with Gasteiger partial charge in [-0.25, -0.2) is 0 Å². The van der Waals surface area contributed by atoms with Crippen LogP contribution in [0.3, 0.4) is 0 Å². The number of hydrogen-bond donors (Lipinski definition) is 1. The highest BCUT2D eigenvalue weighted by Crippen LogP contribution is 2.40. The molecule has 2 aromatic heterocycles. The van der Waals surface area contributed by atoms with Gasteiger partial charge in [-0.15, -0.1) is 10.2 Å². The van der Waals surface area contributed by atoms with E-state index < -0.39 is 0 Å². The Morgan fingerprint density at radius 3 is 2.79 bits per heavy atom. The molecule has 1 aromatic carbocycles. The van der Waals surface area contributed by atoms with E-state index >= 15 is 0 Å². The Hall–Kier alpha value is -2.44. The molecule has 0 amide bonds. The van der Waals surface area contributed by atoms with Crippen LogP contribution in [0.15, 0.2) is 30.6 Å². The molecule has 1 fully saturated rings. The van der Waals surface area contributed by atoms with E-state index in [4.69, 9.17) is 21.1 Å². The highest BCUT2D eigenvalue weighted by Gasteiger charge is 2.32. The van der Waals surface area contributed by atoms with Crippen molar-refractivity contribution in [2.75, 3.05) is 19.0 Å². The van der Waals surface area contributed by atoms with Crippen LogP contribution in [-0.4, -0.2) is 40.5 Å². The van der Waals surface area contributed by atoms with Gasteiger partial charge in [-0.3, -0.25) is 4.98 Å². The van der Waals surface area contributed by atoms with Crippen LogP contribution in [0, 0.1) is 6.92 Å². The Kier molecular flexibility index (Phi) is 4.85. The maximum atomic E-state index is 6.56. The van der Waals surface area contributed by atoms with E-state index in [-0.39, 0.29) is 11.6 Å². The molecule has 1 aliphatic heterocycles. The average molecular weight is 399 g/mol. The zero-order valence-corrected chi connectivity index (χ0v) is 17.2. The number of hydrogen-bond acceptors (Lipinski definition) is 6. The molecule has 3 heterocycles.